The van der Waals surface area contributed by atoms with Crippen LogP contribution in [-0.2, 0) is 21.1 Å². The quantitative estimate of drug-likeness (QED) is 0.447. The first-order valence-corrected chi connectivity index (χ1v) is 9.06. The molecular weight excluding hydrogens is 345 g/mol. The summed E-state index contributed by atoms with van der Waals surface area (Å²) in [6.07, 6.45) is 0. The van der Waals surface area contributed by atoms with Crippen molar-refractivity contribution in [3.63, 3.8) is 0 Å². The first kappa shape index (κ1) is 18.8. The molecule has 0 bridgehead atoms. The van der Waals surface area contributed by atoms with E-state index < -0.39 is 21.1 Å². The second kappa shape index (κ2) is 7.13. The van der Waals surface area contributed by atoms with Crippen LogP contribution in [0, 0.1) is 0 Å². The first-order chi connectivity index (χ1) is 10.9. The molecule has 6 nitrogen and oxygen atoms in total. The minimum Gasteiger partial charge on any atom is -0.767 e. The van der Waals surface area contributed by atoms with E-state index in [1.54, 1.807) is 30.3 Å². The van der Waals surface area contributed by atoms with Gasteiger partial charge in [0.1, 0.15) is 10.8 Å². The molecule has 1 unspecified atom stereocenters. The van der Waals surface area contributed by atoms with Gasteiger partial charge in [0.15, 0.2) is 0 Å². The van der Waals surface area contributed by atoms with E-state index in [1.165, 1.54) is 31.4 Å². The fraction of sp³-hybridized carbons (Fsp3) is 0.0667. The van der Waals surface area contributed by atoms with Crippen LogP contribution in [0.2, 0.25) is 0 Å². The maximum Gasteiger partial charge on any atom is 1.00 e. The molecule has 1 aromatic heterocycles. The van der Waals surface area contributed by atoms with Crippen molar-refractivity contribution >= 4 is 32.0 Å². The van der Waals surface area contributed by atoms with Crippen LogP contribution in [0.5, 0.6) is 5.75 Å². The molecule has 0 radical (unpaired) electrons. The number of methoxy groups -OCH3 is 1. The number of aromatic nitrogens is 1. The van der Waals surface area contributed by atoms with Gasteiger partial charge >= 0.3 is 18.9 Å². The van der Waals surface area contributed by atoms with E-state index >= 15 is 0 Å². The summed E-state index contributed by atoms with van der Waals surface area (Å²) in [4.78, 5) is 0.0139. The number of benzene rings is 2. The molecule has 120 valence electrons. The van der Waals surface area contributed by atoms with Crippen LogP contribution in [0.4, 0.5) is 0 Å². The summed E-state index contributed by atoms with van der Waals surface area (Å²) in [7, 11) is -2.56. The minimum absolute atomic E-state index is 0. The topological polar surface area (TPSA) is 88.4 Å². The Hall–Kier alpha value is -1.56. The van der Waals surface area contributed by atoms with Crippen molar-refractivity contribution < 1.29 is 40.8 Å². The molecule has 0 aliphatic carbocycles. The van der Waals surface area contributed by atoms with Crippen molar-refractivity contribution in [2.24, 2.45) is 0 Å². The Morgan fingerprint density at radius 1 is 1.08 bits per heavy atom. The van der Waals surface area contributed by atoms with Crippen molar-refractivity contribution in [3.05, 3.63) is 54.6 Å². The second-order valence-electron chi connectivity index (χ2n) is 4.72. The van der Waals surface area contributed by atoms with Gasteiger partial charge in [-0.3, -0.25) is 4.21 Å². The van der Waals surface area contributed by atoms with Crippen molar-refractivity contribution in [1.29, 1.82) is 0 Å². The number of rotatable bonds is 4. The van der Waals surface area contributed by atoms with Gasteiger partial charge in [-0.25, -0.2) is 12.4 Å². The normalized spacial score (nSPS) is 12.6. The molecule has 0 saturated heterocycles. The van der Waals surface area contributed by atoms with Crippen molar-refractivity contribution in [1.82, 2.24) is 3.97 Å². The zero-order valence-electron chi connectivity index (χ0n) is 13.0. The van der Waals surface area contributed by atoms with Gasteiger partial charge < -0.3 is 9.29 Å². The summed E-state index contributed by atoms with van der Waals surface area (Å²) >= 11 is -2.71. The van der Waals surface area contributed by atoms with Gasteiger partial charge in [-0.05, 0) is 47.5 Å². The maximum absolute atomic E-state index is 12.8. The maximum atomic E-state index is 12.8. The van der Waals surface area contributed by atoms with Gasteiger partial charge in [-0.15, -0.1) is 0 Å². The zero-order chi connectivity index (χ0) is 16.6. The van der Waals surface area contributed by atoms with E-state index in [0.29, 0.717) is 11.1 Å². The number of ether oxygens (including phenoxy) is 1. The largest absolute Gasteiger partial charge is 1.00 e. The predicted octanol–water partition coefficient (Wildman–Crippen LogP) is -0.871. The number of fused-ring (bicyclic) bond motifs is 1. The van der Waals surface area contributed by atoms with Crippen LogP contribution >= 0.6 is 0 Å². The van der Waals surface area contributed by atoms with Gasteiger partial charge in [-0.2, -0.15) is 0 Å². The first-order valence-electron chi connectivity index (χ1n) is 6.54. The fourth-order valence-corrected chi connectivity index (χ4v) is 4.69. The van der Waals surface area contributed by atoms with E-state index in [0.717, 1.165) is 3.97 Å². The number of hydrogen-bond acceptors (Lipinski definition) is 5. The van der Waals surface area contributed by atoms with Gasteiger partial charge in [0.05, 0.1) is 17.5 Å². The van der Waals surface area contributed by atoms with Crippen LogP contribution < -0.4 is 23.6 Å². The van der Waals surface area contributed by atoms with Crippen LogP contribution in [-0.4, -0.2) is 28.3 Å². The third kappa shape index (κ3) is 3.16. The number of hydrogen-bond donors (Lipinski definition) is 0. The summed E-state index contributed by atoms with van der Waals surface area (Å²) in [6, 6.07) is 13.7. The van der Waals surface area contributed by atoms with E-state index in [-0.39, 0.29) is 34.3 Å². The molecule has 0 N–H and O–H groups in total. The molecule has 3 aromatic rings. The van der Waals surface area contributed by atoms with Gasteiger partial charge in [0.25, 0.3) is 10.0 Å². The third-order valence-electron chi connectivity index (χ3n) is 3.38. The summed E-state index contributed by atoms with van der Waals surface area (Å²) in [6.45, 7) is 0. The number of nitrogens with zero attached hydrogens (tertiary/aromatic N) is 1. The smallest absolute Gasteiger partial charge is 0.767 e. The summed E-state index contributed by atoms with van der Waals surface area (Å²) in [5, 5.41) is 0.139. The Kier molecular flexibility index (Phi) is 5.58. The Morgan fingerprint density at radius 2 is 1.75 bits per heavy atom. The molecule has 9 heteroatoms. The molecule has 0 fully saturated rings. The van der Waals surface area contributed by atoms with Crippen molar-refractivity contribution in [3.8, 4) is 5.75 Å². The summed E-state index contributed by atoms with van der Waals surface area (Å²) < 4.78 is 54.6. The van der Waals surface area contributed by atoms with E-state index in [2.05, 4.69) is 0 Å². The van der Waals surface area contributed by atoms with E-state index in [9.17, 15) is 17.2 Å². The molecule has 1 atom stereocenters. The average Bonchev–Trinajstić information content (AvgIpc) is 2.95. The van der Waals surface area contributed by atoms with Crippen LogP contribution in [0.15, 0.2) is 64.5 Å². The van der Waals surface area contributed by atoms with Gasteiger partial charge in [-0.1, -0.05) is 18.2 Å². The Bertz CT molecular complexity index is 999. The molecule has 0 amide bonds. The Morgan fingerprint density at radius 3 is 2.33 bits per heavy atom. The van der Waals surface area contributed by atoms with Crippen LogP contribution in [0.3, 0.4) is 0 Å². The standard InChI is InChI=1S/C15H13NO5S2.Li/c1-21-12-7-8-14-11(9-12)10-15(22(17)18)16(14)23(19,20)13-5-3-2-4-6-13;/h2-10H,1H3,(H,17,18);/q;+1/p-1. The van der Waals surface area contributed by atoms with E-state index in [1.807, 2.05) is 0 Å². The molecule has 1 heterocycles. The van der Waals surface area contributed by atoms with Gasteiger partial charge in [0, 0.05) is 5.39 Å². The third-order valence-corrected chi connectivity index (χ3v) is 5.88. The molecule has 0 spiro atoms. The van der Waals surface area contributed by atoms with E-state index in [4.69, 9.17) is 4.74 Å². The molecule has 0 aliphatic rings. The van der Waals surface area contributed by atoms with Gasteiger partial charge in [0.2, 0.25) is 0 Å². The molecule has 3 rings (SSSR count). The van der Waals surface area contributed by atoms with Crippen molar-refractivity contribution in [2.45, 2.75) is 9.92 Å². The SMILES string of the molecule is COc1ccc2c(c1)cc(S(=O)[O-])n2S(=O)(=O)c1ccccc1.[Li+]. The van der Waals surface area contributed by atoms with Crippen molar-refractivity contribution in [2.75, 3.05) is 7.11 Å². The Balaban J connectivity index is 0.00000208. The molecule has 24 heavy (non-hydrogen) atoms. The molecule has 2 aromatic carbocycles. The second-order valence-corrected chi connectivity index (χ2v) is 7.40. The minimum atomic E-state index is -4.03. The molecular formula is C15H12LiNO5S2. The molecule has 0 saturated carbocycles. The van der Waals surface area contributed by atoms with Crippen LogP contribution in [0.25, 0.3) is 10.9 Å². The average molecular weight is 357 g/mol. The summed E-state index contributed by atoms with van der Waals surface area (Å²) in [5.74, 6) is 0.509. The fourth-order valence-electron chi connectivity index (χ4n) is 2.33. The monoisotopic (exact) mass is 357 g/mol. The Labute approximate surface area is 154 Å². The zero-order valence-corrected chi connectivity index (χ0v) is 14.6. The predicted molar refractivity (Wildman–Crippen MR) is 84.7 cm³/mol. The summed E-state index contributed by atoms with van der Waals surface area (Å²) in [5.41, 5.74) is 0.272. The van der Waals surface area contributed by atoms with Crippen LogP contribution in [0.1, 0.15) is 0 Å². The molecule has 0 aliphatic heterocycles.